The first-order chi connectivity index (χ1) is 11.2. The zero-order valence-electron chi connectivity index (χ0n) is 14.1. The molecule has 0 bridgehead atoms. The van der Waals surface area contributed by atoms with Gasteiger partial charge in [-0.05, 0) is 18.9 Å². The topological polar surface area (TPSA) is 63.3 Å². The SMILES string of the molecule is CCNC(=NCc1cnn(C)c1)N1CCC(c2cnn(C)c2)C1. The highest BCUT2D eigenvalue weighted by molar-refractivity contribution is 5.80. The van der Waals surface area contributed by atoms with Crippen LogP contribution in [0.2, 0.25) is 0 Å². The summed E-state index contributed by atoms with van der Waals surface area (Å²) in [5.41, 5.74) is 2.45. The minimum absolute atomic E-state index is 0.533. The standard InChI is InChI=1S/C16H25N7/c1-4-17-16(18-7-13-8-19-21(2)10-13)23-6-5-14(12-23)15-9-20-22(3)11-15/h8-11,14H,4-7,12H2,1-3H3,(H,17,18). The van der Waals surface area contributed by atoms with Crippen LogP contribution in [0.5, 0.6) is 0 Å². The van der Waals surface area contributed by atoms with Gasteiger partial charge in [0.25, 0.3) is 0 Å². The van der Waals surface area contributed by atoms with Crippen molar-refractivity contribution in [2.75, 3.05) is 19.6 Å². The zero-order chi connectivity index (χ0) is 16.2. The van der Waals surface area contributed by atoms with Crippen molar-refractivity contribution in [2.24, 2.45) is 19.1 Å². The van der Waals surface area contributed by atoms with E-state index in [1.54, 1.807) is 0 Å². The zero-order valence-corrected chi connectivity index (χ0v) is 14.1. The van der Waals surface area contributed by atoms with Crippen LogP contribution >= 0.6 is 0 Å². The number of hydrogen-bond acceptors (Lipinski definition) is 3. The van der Waals surface area contributed by atoms with Crippen LogP contribution in [-0.2, 0) is 20.6 Å². The quantitative estimate of drug-likeness (QED) is 0.678. The Morgan fingerprint density at radius 1 is 1.26 bits per heavy atom. The molecule has 7 nitrogen and oxygen atoms in total. The summed E-state index contributed by atoms with van der Waals surface area (Å²) >= 11 is 0. The molecule has 3 rings (SSSR count). The van der Waals surface area contributed by atoms with E-state index in [4.69, 9.17) is 4.99 Å². The number of likely N-dealkylation sites (tertiary alicyclic amines) is 1. The molecule has 2 aromatic rings. The van der Waals surface area contributed by atoms with Gasteiger partial charge in [-0.1, -0.05) is 0 Å². The largest absolute Gasteiger partial charge is 0.357 e. The number of nitrogens with one attached hydrogen (secondary N) is 1. The van der Waals surface area contributed by atoms with Gasteiger partial charge in [0.2, 0.25) is 0 Å². The minimum Gasteiger partial charge on any atom is -0.357 e. The monoisotopic (exact) mass is 315 g/mol. The van der Waals surface area contributed by atoms with E-state index in [9.17, 15) is 0 Å². The molecule has 1 unspecified atom stereocenters. The molecule has 0 aliphatic carbocycles. The summed E-state index contributed by atoms with van der Waals surface area (Å²) in [4.78, 5) is 7.11. The lowest BCUT2D eigenvalue weighted by molar-refractivity contribution is 0.486. The van der Waals surface area contributed by atoms with Gasteiger partial charge in [0.05, 0.1) is 18.9 Å². The Labute approximate surface area is 137 Å². The predicted octanol–water partition coefficient (Wildman–Crippen LogP) is 1.11. The lowest BCUT2D eigenvalue weighted by Gasteiger charge is -2.21. The van der Waals surface area contributed by atoms with Crippen molar-refractivity contribution in [3.63, 3.8) is 0 Å². The summed E-state index contributed by atoms with van der Waals surface area (Å²) in [6.07, 6.45) is 9.12. The van der Waals surface area contributed by atoms with Crippen LogP contribution in [0.1, 0.15) is 30.4 Å². The molecule has 3 heterocycles. The molecule has 124 valence electrons. The Hall–Kier alpha value is -2.31. The summed E-state index contributed by atoms with van der Waals surface area (Å²) < 4.78 is 3.69. The van der Waals surface area contributed by atoms with E-state index in [-0.39, 0.29) is 0 Å². The maximum Gasteiger partial charge on any atom is 0.194 e. The highest BCUT2D eigenvalue weighted by atomic mass is 15.3. The normalized spacial score (nSPS) is 18.7. The lowest BCUT2D eigenvalue weighted by atomic mass is 10.0. The van der Waals surface area contributed by atoms with E-state index in [2.05, 4.69) is 33.5 Å². The van der Waals surface area contributed by atoms with E-state index in [0.29, 0.717) is 12.5 Å². The number of nitrogens with zero attached hydrogens (tertiary/aromatic N) is 6. The van der Waals surface area contributed by atoms with Crippen LogP contribution in [0.25, 0.3) is 0 Å². The molecule has 0 radical (unpaired) electrons. The van der Waals surface area contributed by atoms with Crippen molar-refractivity contribution in [3.8, 4) is 0 Å². The predicted molar refractivity (Wildman–Crippen MR) is 90.2 cm³/mol. The highest BCUT2D eigenvalue weighted by Crippen LogP contribution is 2.26. The lowest BCUT2D eigenvalue weighted by Crippen LogP contribution is -2.39. The Kier molecular flexibility index (Phi) is 4.64. The van der Waals surface area contributed by atoms with Crippen molar-refractivity contribution in [1.82, 2.24) is 29.8 Å². The Bertz CT molecular complexity index is 670. The van der Waals surface area contributed by atoms with Crippen LogP contribution in [0.15, 0.2) is 29.8 Å². The molecule has 0 spiro atoms. The molecule has 1 fully saturated rings. The molecule has 0 saturated carbocycles. The molecular weight excluding hydrogens is 290 g/mol. The van der Waals surface area contributed by atoms with Gasteiger partial charge < -0.3 is 10.2 Å². The fourth-order valence-corrected chi connectivity index (χ4v) is 3.02. The third-order valence-corrected chi connectivity index (χ3v) is 4.19. The summed E-state index contributed by atoms with van der Waals surface area (Å²) in [7, 11) is 3.90. The van der Waals surface area contributed by atoms with E-state index in [1.165, 1.54) is 5.56 Å². The summed E-state index contributed by atoms with van der Waals surface area (Å²) in [5.74, 6) is 1.52. The van der Waals surface area contributed by atoms with Crippen LogP contribution < -0.4 is 5.32 Å². The third kappa shape index (κ3) is 3.72. The molecule has 0 aromatic carbocycles. The number of guanidine groups is 1. The van der Waals surface area contributed by atoms with E-state index in [0.717, 1.165) is 37.6 Å². The molecule has 1 aliphatic heterocycles. The Balaban J connectivity index is 1.66. The maximum atomic E-state index is 4.77. The smallest absolute Gasteiger partial charge is 0.194 e. The summed E-state index contributed by atoms with van der Waals surface area (Å²) in [6, 6.07) is 0. The van der Waals surface area contributed by atoms with Crippen LogP contribution in [0.4, 0.5) is 0 Å². The average Bonchev–Trinajstić information content (AvgIpc) is 3.24. The van der Waals surface area contributed by atoms with Gasteiger partial charge in [0.15, 0.2) is 5.96 Å². The second-order valence-electron chi connectivity index (χ2n) is 6.07. The molecule has 2 aromatic heterocycles. The second kappa shape index (κ2) is 6.85. The average molecular weight is 315 g/mol. The highest BCUT2D eigenvalue weighted by Gasteiger charge is 2.26. The molecule has 1 atom stereocenters. The first-order valence-electron chi connectivity index (χ1n) is 8.15. The van der Waals surface area contributed by atoms with Gasteiger partial charge in [-0.15, -0.1) is 0 Å². The van der Waals surface area contributed by atoms with Gasteiger partial charge in [-0.25, -0.2) is 4.99 Å². The number of aliphatic imine (C=N–C) groups is 1. The van der Waals surface area contributed by atoms with Gasteiger partial charge in [-0.3, -0.25) is 9.36 Å². The first-order valence-corrected chi connectivity index (χ1v) is 8.15. The van der Waals surface area contributed by atoms with Crippen molar-refractivity contribution >= 4 is 5.96 Å². The minimum atomic E-state index is 0.533. The molecule has 1 N–H and O–H groups in total. The van der Waals surface area contributed by atoms with E-state index in [1.807, 2.05) is 42.0 Å². The molecule has 1 saturated heterocycles. The van der Waals surface area contributed by atoms with Crippen molar-refractivity contribution in [3.05, 3.63) is 35.9 Å². The number of aryl methyl sites for hydroxylation is 2. The first kappa shape index (κ1) is 15.6. The van der Waals surface area contributed by atoms with Gasteiger partial charge in [-0.2, -0.15) is 10.2 Å². The van der Waals surface area contributed by atoms with Gasteiger partial charge in [0, 0.05) is 57.6 Å². The number of rotatable bonds is 4. The Morgan fingerprint density at radius 3 is 2.70 bits per heavy atom. The van der Waals surface area contributed by atoms with Gasteiger partial charge in [0.1, 0.15) is 0 Å². The fourth-order valence-electron chi connectivity index (χ4n) is 3.02. The van der Waals surface area contributed by atoms with E-state index >= 15 is 0 Å². The summed E-state index contributed by atoms with van der Waals surface area (Å²) in [6.45, 7) is 5.65. The van der Waals surface area contributed by atoms with Crippen molar-refractivity contribution in [1.29, 1.82) is 0 Å². The fraction of sp³-hybridized carbons (Fsp3) is 0.562. The molecule has 23 heavy (non-hydrogen) atoms. The van der Waals surface area contributed by atoms with Crippen LogP contribution in [0, 0.1) is 0 Å². The number of hydrogen-bond donors (Lipinski definition) is 1. The third-order valence-electron chi connectivity index (χ3n) is 4.19. The molecule has 1 aliphatic rings. The molecular formula is C16H25N7. The second-order valence-corrected chi connectivity index (χ2v) is 6.07. The molecule has 0 amide bonds. The van der Waals surface area contributed by atoms with Crippen LogP contribution in [0.3, 0.4) is 0 Å². The van der Waals surface area contributed by atoms with Crippen LogP contribution in [-0.4, -0.2) is 50.1 Å². The number of aromatic nitrogens is 4. The Morgan fingerprint density at radius 2 is 2.04 bits per heavy atom. The van der Waals surface area contributed by atoms with E-state index < -0.39 is 0 Å². The van der Waals surface area contributed by atoms with Crippen molar-refractivity contribution < 1.29 is 0 Å². The maximum absolute atomic E-state index is 4.77. The van der Waals surface area contributed by atoms with Gasteiger partial charge >= 0.3 is 0 Å². The summed E-state index contributed by atoms with van der Waals surface area (Å²) in [5, 5.41) is 11.9. The molecule has 7 heteroatoms. The van der Waals surface area contributed by atoms with Crippen molar-refractivity contribution in [2.45, 2.75) is 25.8 Å².